The van der Waals surface area contributed by atoms with E-state index in [1.807, 2.05) is 24.3 Å². The minimum atomic E-state index is -0.659. The van der Waals surface area contributed by atoms with Gasteiger partial charge >= 0.3 is 5.97 Å². The molecule has 1 aromatic carbocycles. The summed E-state index contributed by atoms with van der Waals surface area (Å²) in [5.41, 5.74) is 1.13. The van der Waals surface area contributed by atoms with Gasteiger partial charge in [-0.15, -0.1) is 0 Å². The molecule has 20 heavy (non-hydrogen) atoms. The first-order valence-electron chi connectivity index (χ1n) is 7.39. The molecule has 1 N–H and O–H groups in total. The van der Waals surface area contributed by atoms with Gasteiger partial charge in [-0.2, -0.15) is 0 Å². The number of hydrogen-bond acceptors (Lipinski definition) is 2. The first-order chi connectivity index (χ1) is 9.52. The minimum absolute atomic E-state index is 0.125. The third-order valence-electron chi connectivity index (χ3n) is 4.69. The molecule has 0 spiro atoms. The summed E-state index contributed by atoms with van der Waals surface area (Å²) < 4.78 is 5.17. The molecule has 1 saturated carbocycles. The van der Waals surface area contributed by atoms with Crippen LogP contribution in [0.15, 0.2) is 24.3 Å². The first kappa shape index (κ1) is 14.9. The van der Waals surface area contributed by atoms with Gasteiger partial charge in [-0.25, -0.2) is 0 Å². The molecule has 1 aromatic rings. The molecule has 3 heteroatoms. The number of carboxylic acid groups (broad SMARTS) is 1. The maximum Gasteiger partial charge on any atom is 0.307 e. The summed E-state index contributed by atoms with van der Waals surface area (Å²) in [6.45, 7) is 4.47. The van der Waals surface area contributed by atoms with E-state index in [4.69, 9.17) is 4.74 Å². The Kier molecular flexibility index (Phi) is 4.69. The molecule has 0 bridgehead atoms. The molecule has 3 nitrogen and oxygen atoms in total. The highest BCUT2D eigenvalue weighted by Gasteiger charge is 2.36. The molecule has 0 heterocycles. The van der Waals surface area contributed by atoms with Crippen LogP contribution in [0.4, 0.5) is 0 Å². The first-order valence-corrected chi connectivity index (χ1v) is 7.39. The van der Waals surface area contributed by atoms with Crippen LogP contribution >= 0.6 is 0 Å². The maximum atomic E-state index is 11.5. The Morgan fingerprint density at radius 2 is 1.90 bits per heavy atom. The molecular weight excluding hydrogens is 252 g/mol. The van der Waals surface area contributed by atoms with Crippen LogP contribution in [0.2, 0.25) is 0 Å². The van der Waals surface area contributed by atoms with Crippen molar-refractivity contribution in [1.82, 2.24) is 0 Å². The average Bonchev–Trinajstić information content (AvgIpc) is 2.46. The molecule has 2 rings (SSSR count). The molecule has 1 aliphatic carbocycles. The number of carboxylic acids is 1. The molecule has 3 unspecified atom stereocenters. The van der Waals surface area contributed by atoms with Gasteiger partial charge in [0.2, 0.25) is 0 Å². The fraction of sp³-hybridized carbons (Fsp3) is 0.588. The van der Waals surface area contributed by atoms with Crippen LogP contribution in [0.5, 0.6) is 5.75 Å². The third kappa shape index (κ3) is 3.14. The third-order valence-corrected chi connectivity index (χ3v) is 4.69. The SMILES string of the molecule is COc1ccc(C2CC(C(C)C)CCC2C(=O)O)cc1. The molecule has 3 atom stereocenters. The van der Waals surface area contributed by atoms with Crippen LogP contribution in [0.25, 0.3) is 0 Å². The topological polar surface area (TPSA) is 46.5 Å². The van der Waals surface area contributed by atoms with Crippen LogP contribution < -0.4 is 4.74 Å². The Labute approximate surface area is 121 Å². The fourth-order valence-corrected chi connectivity index (χ4v) is 3.32. The average molecular weight is 276 g/mol. The van der Waals surface area contributed by atoms with Crippen LogP contribution in [-0.4, -0.2) is 18.2 Å². The van der Waals surface area contributed by atoms with Crippen molar-refractivity contribution in [2.45, 2.75) is 39.0 Å². The molecule has 0 amide bonds. The van der Waals surface area contributed by atoms with Crippen molar-refractivity contribution in [2.24, 2.45) is 17.8 Å². The van der Waals surface area contributed by atoms with Gasteiger partial charge in [0, 0.05) is 0 Å². The van der Waals surface area contributed by atoms with E-state index >= 15 is 0 Å². The Morgan fingerprint density at radius 1 is 1.25 bits per heavy atom. The van der Waals surface area contributed by atoms with Crippen molar-refractivity contribution >= 4 is 5.97 Å². The summed E-state index contributed by atoms with van der Waals surface area (Å²) >= 11 is 0. The molecular formula is C17H24O3. The molecule has 110 valence electrons. The van der Waals surface area contributed by atoms with E-state index in [2.05, 4.69) is 13.8 Å². The van der Waals surface area contributed by atoms with Gasteiger partial charge in [0.05, 0.1) is 13.0 Å². The van der Waals surface area contributed by atoms with Crippen LogP contribution in [0.3, 0.4) is 0 Å². The number of methoxy groups -OCH3 is 1. The Morgan fingerprint density at radius 3 is 2.40 bits per heavy atom. The summed E-state index contributed by atoms with van der Waals surface area (Å²) in [7, 11) is 1.64. The van der Waals surface area contributed by atoms with Gasteiger partial charge in [-0.05, 0) is 54.7 Å². The normalized spacial score (nSPS) is 26.5. The quantitative estimate of drug-likeness (QED) is 0.906. The zero-order chi connectivity index (χ0) is 14.7. The molecule has 0 aromatic heterocycles. The fourth-order valence-electron chi connectivity index (χ4n) is 3.32. The van der Waals surface area contributed by atoms with Gasteiger partial charge in [-0.3, -0.25) is 4.79 Å². The molecule has 1 aliphatic rings. The lowest BCUT2D eigenvalue weighted by atomic mass is 9.68. The smallest absolute Gasteiger partial charge is 0.307 e. The number of carbonyl (C=O) groups is 1. The molecule has 0 aliphatic heterocycles. The highest BCUT2D eigenvalue weighted by Crippen LogP contribution is 2.43. The maximum absolute atomic E-state index is 11.5. The summed E-state index contributed by atoms with van der Waals surface area (Å²) in [5.74, 6) is 1.27. The number of rotatable bonds is 4. The van der Waals surface area contributed by atoms with Gasteiger partial charge in [-0.1, -0.05) is 26.0 Å². The van der Waals surface area contributed by atoms with Crippen molar-refractivity contribution in [2.75, 3.05) is 7.11 Å². The van der Waals surface area contributed by atoms with Crippen molar-refractivity contribution < 1.29 is 14.6 Å². The second-order valence-corrected chi connectivity index (χ2v) is 6.14. The zero-order valence-electron chi connectivity index (χ0n) is 12.5. The summed E-state index contributed by atoms with van der Waals surface area (Å²) in [6.07, 6.45) is 2.79. The predicted octanol–water partition coefficient (Wildman–Crippen LogP) is 3.94. The van der Waals surface area contributed by atoms with E-state index in [0.29, 0.717) is 11.8 Å². The van der Waals surface area contributed by atoms with Crippen molar-refractivity contribution in [1.29, 1.82) is 0 Å². The highest BCUT2D eigenvalue weighted by molar-refractivity contribution is 5.71. The highest BCUT2D eigenvalue weighted by atomic mass is 16.5. The molecule has 0 saturated heterocycles. The number of hydrogen-bond donors (Lipinski definition) is 1. The number of aliphatic carboxylic acids is 1. The van der Waals surface area contributed by atoms with Crippen molar-refractivity contribution in [3.8, 4) is 5.75 Å². The largest absolute Gasteiger partial charge is 0.497 e. The predicted molar refractivity (Wildman–Crippen MR) is 79.0 cm³/mol. The van der Waals surface area contributed by atoms with E-state index in [1.165, 1.54) is 0 Å². The lowest BCUT2D eigenvalue weighted by Gasteiger charge is -2.36. The lowest BCUT2D eigenvalue weighted by Crippen LogP contribution is -2.31. The number of ether oxygens (including phenoxy) is 1. The lowest BCUT2D eigenvalue weighted by molar-refractivity contribution is -0.144. The Balaban J connectivity index is 2.23. The van der Waals surface area contributed by atoms with Crippen LogP contribution in [-0.2, 0) is 4.79 Å². The zero-order valence-corrected chi connectivity index (χ0v) is 12.5. The standard InChI is InChI=1S/C17H24O3/c1-11(2)13-6-9-15(17(18)19)16(10-13)12-4-7-14(20-3)8-5-12/h4-5,7-8,11,13,15-16H,6,9-10H2,1-3H3,(H,18,19). The summed E-state index contributed by atoms with van der Waals surface area (Å²) in [4.78, 5) is 11.5. The Bertz CT molecular complexity index is 450. The van der Waals surface area contributed by atoms with E-state index in [1.54, 1.807) is 7.11 Å². The van der Waals surface area contributed by atoms with Gasteiger partial charge in [0.25, 0.3) is 0 Å². The van der Waals surface area contributed by atoms with E-state index in [0.717, 1.165) is 30.6 Å². The molecule has 1 fully saturated rings. The second kappa shape index (κ2) is 6.29. The second-order valence-electron chi connectivity index (χ2n) is 6.14. The van der Waals surface area contributed by atoms with Crippen LogP contribution in [0.1, 0.15) is 44.6 Å². The van der Waals surface area contributed by atoms with E-state index in [-0.39, 0.29) is 11.8 Å². The van der Waals surface area contributed by atoms with Crippen LogP contribution in [0, 0.1) is 17.8 Å². The van der Waals surface area contributed by atoms with Gasteiger partial charge in [0.15, 0.2) is 0 Å². The Hall–Kier alpha value is -1.51. The summed E-state index contributed by atoms with van der Waals surface area (Å²) in [5, 5.41) is 9.47. The summed E-state index contributed by atoms with van der Waals surface area (Å²) in [6, 6.07) is 7.88. The number of benzene rings is 1. The van der Waals surface area contributed by atoms with Crippen molar-refractivity contribution in [3.05, 3.63) is 29.8 Å². The van der Waals surface area contributed by atoms with Crippen molar-refractivity contribution in [3.63, 3.8) is 0 Å². The minimum Gasteiger partial charge on any atom is -0.497 e. The van der Waals surface area contributed by atoms with E-state index in [9.17, 15) is 9.90 Å². The monoisotopic (exact) mass is 276 g/mol. The van der Waals surface area contributed by atoms with Gasteiger partial charge in [0.1, 0.15) is 5.75 Å². The molecule has 0 radical (unpaired) electrons. The van der Waals surface area contributed by atoms with E-state index < -0.39 is 5.97 Å². The van der Waals surface area contributed by atoms with Gasteiger partial charge < -0.3 is 9.84 Å².